The largest absolute Gasteiger partial charge is 0.377 e. The molecule has 2 aromatic carbocycles. The molecule has 3 heteroatoms. The number of hydrogen-bond acceptors (Lipinski definition) is 2. The molecule has 2 nitrogen and oxygen atoms in total. The van der Waals surface area contributed by atoms with Gasteiger partial charge in [0.2, 0.25) is 0 Å². The average Bonchev–Trinajstić information content (AvgIpc) is 2.55. The summed E-state index contributed by atoms with van der Waals surface area (Å²) in [5.74, 6) is -0.178. The number of carbonyl (C=O) groups excluding carboxylic acids is 1. The third-order valence-electron chi connectivity index (χ3n) is 4.34. The summed E-state index contributed by atoms with van der Waals surface area (Å²) in [6.45, 7) is 0. The molecule has 0 radical (unpaired) electrons. The number of carbonyl (C=O) groups is 1. The minimum atomic E-state index is -0.309. The van der Waals surface area contributed by atoms with Crippen molar-refractivity contribution in [1.29, 1.82) is 0 Å². The monoisotopic (exact) mass is 297 g/mol. The van der Waals surface area contributed by atoms with Gasteiger partial charge in [0.1, 0.15) is 11.6 Å². The molecule has 0 aromatic heterocycles. The second-order valence-electron chi connectivity index (χ2n) is 5.83. The van der Waals surface area contributed by atoms with Gasteiger partial charge >= 0.3 is 0 Å². The first kappa shape index (κ1) is 14.8. The zero-order chi connectivity index (χ0) is 15.4. The quantitative estimate of drug-likeness (QED) is 0.883. The fraction of sp³-hybridized carbons (Fsp3) is 0.316. The smallest absolute Gasteiger partial charge is 0.138 e. The van der Waals surface area contributed by atoms with Gasteiger partial charge in [-0.3, -0.25) is 4.79 Å². The van der Waals surface area contributed by atoms with Crippen molar-refractivity contribution in [2.45, 2.75) is 31.7 Å². The highest BCUT2D eigenvalue weighted by atomic mass is 19.1. The van der Waals surface area contributed by atoms with Crippen LogP contribution in [0.3, 0.4) is 0 Å². The van der Waals surface area contributed by atoms with Crippen LogP contribution in [0.4, 0.5) is 10.1 Å². The molecule has 0 aliphatic heterocycles. The van der Waals surface area contributed by atoms with Crippen molar-refractivity contribution in [2.24, 2.45) is 5.92 Å². The van der Waals surface area contributed by atoms with Crippen molar-refractivity contribution >= 4 is 11.5 Å². The number of rotatable bonds is 4. The Hall–Kier alpha value is -2.16. The van der Waals surface area contributed by atoms with Crippen LogP contribution >= 0.6 is 0 Å². The summed E-state index contributed by atoms with van der Waals surface area (Å²) in [4.78, 5) is 12.3. The van der Waals surface area contributed by atoms with E-state index in [2.05, 4.69) is 5.32 Å². The van der Waals surface area contributed by atoms with Gasteiger partial charge in [0.05, 0.1) is 6.04 Å². The maximum atomic E-state index is 14.3. The van der Waals surface area contributed by atoms with E-state index in [1.807, 2.05) is 36.4 Å². The van der Waals surface area contributed by atoms with Crippen LogP contribution in [0.1, 0.15) is 37.3 Å². The first-order chi connectivity index (χ1) is 10.8. The number of nitrogens with one attached hydrogen (secondary N) is 1. The fourth-order valence-electron chi connectivity index (χ4n) is 3.20. The van der Waals surface area contributed by atoms with E-state index in [9.17, 15) is 9.18 Å². The van der Waals surface area contributed by atoms with E-state index in [0.29, 0.717) is 12.0 Å². The lowest BCUT2D eigenvalue weighted by molar-refractivity contribution is -0.125. The van der Waals surface area contributed by atoms with Gasteiger partial charge in [-0.05, 0) is 31.0 Å². The Morgan fingerprint density at radius 3 is 2.45 bits per heavy atom. The first-order valence-corrected chi connectivity index (χ1v) is 7.84. The Labute approximate surface area is 130 Å². The summed E-state index contributed by atoms with van der Waals surface area (Å²) in [5.41, 5.74) is 1.49. The lowest BCUT2D eigenvalue weighted by atomic mass is 9.80. The molecule has 2 aromatic rings. The summed E-state index contributed by atoms with van der Waals surface area (Å²) in [7, 11) is 0. The summed E-state index contributed by atoms with van der Waals surface area (Å²) >= 11 is 0. The molecule has 1 aliphatic carbocycles. The van der Waals surface area contributed by atoms with Crippen LogP contribution < -0.4 is 5.32 Å². The fourth-order valence-corrected chi connectivity index (χ4v) is 3.20. The van der Waals surface area contributed by atoms with E-state index in [0.717, 1.165) is 24.9 Å². The van der Waals surface area contributed by atoms with Crippen molar-refractivity contribution in [3.8, 4) is 0 Å². The molecule has 0 unspecified atom stereocenters. The maximum absolute atomic E-state index is 14.3. The Balaban J connectivity index is 1.94. The van der Waals surface area contributed by atoms with Crippen molar-refractivity contribution in [2.75, 3.05) is 5.32 Å². The minimum absolute atomic E-state index is 0.161. The van der Waals surface area contributed by atoms with Crippen LogP contribution in [0, 0.1) is 11.7 Å². The molecular formula is C19H20FNO. The molecule has 0 bridgehead atoms. The van der Waals surface area contributed by atoms with Gasteiger partial charge in [-0.25, -0.2) is 4.39 Å². The van der Waals surface area contributed by atoms with Crippen LogP contribution in [0.25, 0.3) is 0 Å². The van der Waals surface area contributed by atoms with Gasteiger partial charge in [0, 0.05) is 23.6 Å². The summed E-state index contributed by atoms with van der Waals surface area (Å²) in [6, 6.07) is 16.1. The number of halogens is 1. The molecule has 1 fully saturated rings. The molecule has 0 heterocycles. The van der Waals surface area contributed by atoms with E-state index in [1.54, 1.807) is 12.1 Å². The molecule has 3 rings (SSSR count). The Morgan fingerprint density at radius 1 is 1.00 bits per heavy atom. The van der Waals surface area contributed by atoms with Gasteiger partial charge in [-0.1, -0.05) is 42.8 Å². The second-order valence-corrected chi connectivity index (χ2v) is 5.83. The zero-order valence-electron chi connectivity index (χ0n) is 12.5. The van der Waals surface area contributed by atoms with Gasteiger partial charge in [0.15, 0.2) is 0 Å². The normalized spacial score (nSPS) is 19.7. The molecule has 1 N–H and O–H groups in total. The second kappa shape index (κ2) is 6.73. The lowest BCUT2D eigenvalue weighted by Crippen LogP contribution is -2.30. The van der Waals surface area contributed by atoms with Crippen molar-refractivity contribution in [1.82, 2.24) is 0 Å². The molecular weight excluding hydrogens is 277 g/mol. The predicted molar refractivity (Wildman–Crippen MR) is 86.2 cm³/mol. The SMILES string of the molecule is O=C1CCCC[C@H]1[C@@H](Nc1ccccc1)c1ccccc1F. The van der Waals surface area contributed by atoms with Gasteiger partial charge in [-0.15, -0.1) is 0 Å². The number of benzene rings is 2. The molecule has 2 atom stereocenters. The van der Waals surface area contributed by atoms with E-state index in [4.69, 9.17) is 0 Å². The van der Waals surface area contributed by atoms with Gasteiger partial charge in [0.25, 0.3) is 0 Å². The van der Waals surface area contributed by atoms with Crippen LogP contribution in [0.2, 0.25) is 0 Å². The minimum Gasteiger partial charge on any atom is -0.377 e. The molecule has 0 amide bonds. The van der Waals surface area contributed by atoms with E-state index in [1.165, 1.54) is 6.07 Å². The zero-order valence-corrected chi connectivity index (χ0v) is 12.5. The van der Waals surface area contributed by atoms with Crippen LogP contribution in [0.15, 0.2) is 54.6 Å². The Bertz CT molecular complexity index is 641. The lowest BCUT2D eigenvalue weighted by Gasteiger charge is -2.31. The van der Waals surface area contributed by atoms with Crippen molar-refractivity contribution in [3.05, 3.63) is 66.0 Å². The summed E-state index contributed by atoms with van der Waals surface area (Å²) in [6.07, 6.45) is 3.40. The van der Waals surface area contributed by atoms with Crippen LogP contribution in [0.5, 0.6) is 0 Å². The molecule has 0 saturated heterocycles. The number of Topliss-reactive ketones (excluding diaryl/α,β-unsaturated/α-hetero) is 1. The third kappa shape index (κ3) is 3.19. The van der Waals surface area contributed by atoms with Gasteiger partial charge < -0.3 is 5.32 Å². The number of anilines is 1. The molecule has 0 spiro atoms. The highest BCUT2D eigenvalue weighted by Crippen LogP contribution is 2.35. The van der Waals surface area contributed by atoms with E-state index < -0.39 is 0 Å². The number of ketones is 1. The maximum Gasteiger partial charge on any atom is 0.138 e. The van der Waals surface area contributed by atoms with Gasteiger partial charge in [-0.2, -0.15) is 0 Å². The molecule has 22 heavy (non-hydrogen) atoms. The van der Waals surface area contributed by atoms with E-state index in [-0.39, 0.29) is 23.6 Å². The number of hydrogen-bond donors (Lipinski definition) is 1. The summed E-state index contributed by atoms with van der Waals surface area (Å²) in [5, 5.41) is 3.38. The Morgan fingerprint density at radius 2 is 1.73 bits per heavy atom. The Kier molecular flexibility index (Phi) is 4.52. The standard InChI is InChI=1S/C19H20FNO/c20-17-12-6-4-10-15(17)19(16-11-5-7-13-18(16)22)21-14-8-2-1-3-9-14/h1-4,6,8-10,12,16,19,21H,5,7,11,13H2/t16-,19+/m1/s1. The number of para-hydroxylation sites is 1. The average molecular weight is 297 g/mol. The first-order valence-electron chi connectivity index (χ1n) is 7.84. The predicted octanol–water partition coefficient (Wildman–Crippen LogP) is 4.74. The van der Waals surface area contributed by atoms with Crippen LogP contribution in [-0.2, 0) is 4.79 Å². The van der Waals surface area contributed by atoms with Crippen molar-refractivity contribution < 1.29 is 9.18 Å². The third-order valence-corrected chi connectivity index (χ3v) is 4.34. The molecule has 1 saturated carbocycles. The topological polar surface area (TPSA) is 29.1 Å². The highest BCUT2D eigenvalue weighted by molar-refractivity contribution is 5.83. The molecule has 114 valence electrons. The molecule has 1 aliphatic rings. The van der Waals surface area contributed by atoms with Crippen LogP contribution in [-0.4, -0.2) is 5.78 Å². The van der Waals surface area contributed by atoms with E-state index >= 15 is 0 Å². The summed E-state index contributed by atoms with van der Waals surface area (Å²) < 4.78 is 14.3. The highest BCUT2D eigenvalue weighted by Gasteiger charge is 2.32. The van der Waals surface area contributed by atoms with Crippen molar-refractivity contribution in [3.63, 3.8) is 0 Å².